The number of ether oxygens (including phenoxy) is 1. The highest BCUT2D eigenvalue weighted by Gasteiger charge is 2.37. The van der Waals surface area contributed by atoms with Crippen molar-refractivity contribution >= 4 is 5.97 Å². The van der Waals surface area contributed by atoms with Gasteiger partial charge in [-0.1, -0.05) is 19.8 Å². The fraction of sp³-hybridized carbons (Fsp3) is 0.938. The zero-order valence-electron chi connectivity index (χ0n) is 12.0. The van der Waals surface area contributed by atoms with Crippen LogP contribution in [0.1, 0.15) is 65.2 Å². The molecule has 0 heterocycles. The lowest BCUT2D eigenvalue weighted by Crippen LogP contribution is -2.17. The minimum Gasteiger partial charge on any atom is -0.466 e. The number of carbonyl (C=O) groups is 1. The Bertz CT molecular complexity index is 258. The van der Waals surface area contributed by atoms with Crippen molar-refractivity contribution in [2.24, 2.45) is 23.7 Å². The topological polar surface area (TPSA) is 26.3 Å². The van der Waals surface area contributed by atoms with Crippen molar-refractivity contribution in [3.8, 4) is 0 Å². The van der Waals surface area contributed by atoms with Gasteiger partial charge in [-0.3, -0.25) is 4.79 Å². The molecule has 0 N–H and O–H groups in total. The second-order valence-electron chi connectivity index (χ2n) is 6.25. The maximum atomic E-state index is 11.8. The molecule has 0 radical (unpaired) electrons. The summed E-state index contributed by atoms with van der Waals surface area (Å²) < 4.78 is 5.18. The summed E-state index contributed by atoms with van der Waals surface area (Å²) in [5.74, 6) is 3.04. The molecule has 2 heteroatoms. The van der Waals surface area contributed by atoms with Crippen molar-refractivity contribution in [1.29, 1.82) is 0 Å². The molecule has 2 saturated carbocycles. The van der Waals surface area contributed by atoms with E-state index in [4.69, 9.17) is 4.74 Å². The van der Waals surface area contributed by atoms with E-state index in [9.17, 15) is 4.79 Å². The van der Waals surface area contributed by atoms with Crippen molar-refractivity contribution in [2.45, 2.75) is 65.2 Å². The van der Waals surface area contributed by atoms with Crippen LogP contribution in [0.15, 0.2) is 0 Å². The summed E-state index contributed by atoms with van der Waals surface area (Å²) >= 11 is 0. The number of rotatable bonds is 4. The van der Waals surface area contributed by atoms with Crippen molar-refractivity contribution in [3.63, 3.8) is 0 Å². The summed E-state index contributed by atoms with van der Waals surface area (Å²) in [5.41, 5.74) is 0. The number of hydrogen-bond acceptors (Lipinski definition) is 2. The molecule has 0 amide bonds. The fourth-order valence-corrected chi connectivity index (χ4v) is 4.16. The summed E-state index contributed by atoms with van der Waals surface area (Å²) in [6, 6.07) is 0. The van der Waals surface area contributed by atoms with Gasteiger partial charge in [0, 0.05) is 0 Å². The van der Waals surface area contributed by atoms with Crippen molar-refractivity contribution in [2.75, 3.05) is 6.61 Å². The second kappa shape index (κ2) is 6.58. The highest BCUT2D eigenvalue weighted by molar-refractivity contribution is 5.72. The summed E-state index contributed by atoms with van der Waals surface area (Å²) in [6.07, 6.45) is 10.2. The predicted octanol–water partition coefficient (Wildman–Crippen LogP) is 4.18. The van der Waals surface area contributed by atoms with E-state index in [0.717, 1.165) is 30.6 Å². The number of fused-ring (bicyclic) bond motifs is 1. The van der Waals surface area contributed by atoms with Crippen LogP contribution >= 0.6 is 0 Å². The van der Waals surface area contributed by atoms with Gasteiger partial charge in [0.25, 0.3) is 0 Å². The molecule has 2 aliphatic carbocycles. The zero-order chi connectivity index (χ0) is 13.0. The Morgan fingerprint density at radius 1 is 1.06 bits per heavy atom. The Labute approximate surface area is 111 Å². The lowest BCUT2D eigenvalue weighted by atomic mass is 9.92. The van der Waals surface area contributed by atoms with E-state index in [0.29, 0.717) is 6.61 Å². The Kier molecular flexibility index (Phi) is 5.08. The van der Waals surface area contributed by atoms with Gasteiger partial charge in [-0.15, -0.1) is 0 Å². The van der Waals surface area contributed by atoms with Crippen LogP contribution in [0.2, 0.25) is 0 Å². The Morgan fingerprint density at radius 2 is 1.67 bits per heavy atom. The van der Waals surface area contributed by atoms with E-state index in [1.807, 2.05) is 6.92 Å². The van der Waals surface area contributed by atoms with E-state index in [2.05, 4.69) is 6.92 Å². The van der Waals surface area contributed by atoms with Gasteiger partial charge in [-0.05, 0) is 63.2 Å². The van der Waals surface area contributed by atoms with Gasteiger partial charge >= 0.3 is 5.97 Å². The number of esters is 1. The van der Waals surface area contributed by atoms with Crippen molar-refractivity contribution < 1.29 is 9.53 Å². The van der Waals surface area contributed by atoms with Gasteiger partial charge in [0.05, 0.1) is 12.5 Å². The lowest BCUT2D eigenvalue weighted by Gasteiger charge is -2.14. The third kappa shape index (κ3) is 3.27. The second-order valence-corrected chi connectivity index (χ2v) is 6.25. The van der Waals surface area contributed by atoms with Gasteiger partial charge in [-0.25, -0.2) is 0 Å². The third-order valence-electron chi connectivity index (χ3n) is 5.03. The molecule has 0 aromatic carbocycles. The first-order chi connectivity index (χ1) is 8.74. The average Bonchev–Trinajstić information content (AvgIpc) is 2.62. The van der Waals surface area contributed by atoms with Crippen LogP contribution in [-0.4, -0.2) is 12.6 Å². The van der Waals surface area contributed by atoms with E-state index in [1.165, 1.54) is 38.5 Å². The molecule has 104 valence electrons. The molecule has 0 aliphatic heterocycles. The largest absolute Gasteiger partial charge is 0.466 e. The summed E-state index contributed by atoms with van der Waals surface area (Å²) in [6.45, 7) is 4.73. The maximum Gasteiger partial charge on any atom is 0.308 e. The molecular weight excluding hydrogens is 224 g/mol. The zero-order valence-corrected chi connectivity index (χ0v) is 12.0. The molecule has 4 atom stereocenters. The third-order valence-corrected chi connectivity index (χ3v) is 5.03. The minimum absolute atomic E-state index is 0.0579. The molecule has 2 unspecified atom stereocenters. The van der Waals surface area contributed by atoms with Crippen LogP contribution in [0, 0.1) is 23.7 Å². The molecule has 0 bridgehead atoms. The first-order valence-corrected chi connectivity index (χ1v) is 7.91. The molecular formula is C16H28O2. The Balaban J connectivity index is 1.84. The molecule has 2 rings (SSSR count). The van der Waals surface area contributed by atoms with Gasteiger partial charge < -0.3 is 4.74 Å². The molecule has 2 aliphatic rings. The lowest BCUT2D eigenvalue weighted by molar-refractivity contribution is -0.148. The highest BCUT2D eigenvalue weighted by atomic mass is 16.5. The Morgan fingerprint density at radius 3 is 2.17 bits per heavy atom. The first kappa shape index (κ1) is 13.9. The van der Waals surface area contributed by atoms with E-state index >= 15 is 0 Å². The molecule has 0 aromatic heterocycles. The predicted molar refractivity (Wildman–Crippen MR) is 73.2 cm³/mol. The quantitative estimate of drug-likeness (QED) is 0.701. The molecule has 18 heavy (non-hydrogen) atoms. The monoisotopic (exact) mass is 252 g/mol. The minimum atomic E-state index is 0.0579. The van der Waals surface area contributed by atoms with E-state index in [-0.39, 0.29) is 11.9 Å². The number of carbonyl (C=O) groups excluding carboxylic acids is 1. The SMILES string of the molecule is CCCC1C[C@H]2CCC(C(=O)OCC)CC[C@H]2C1. The van der Waals surface area contributed by atoms with Crippen LogP contribution in [0.3, 0.4) is 0 Å². The van der Waals surface area contributed by atoms with E-state index in [1.54, 1.807) is 0 Å². The summed E-state index contributed by atoms with van der Waals surface area (Å²) in [5, 5.41) is 0. The fourth-order valence-electron chi connectivity index (χ4n) is 4.16. The van der Waals surface area contributed by atoms with Crippen LogP contribution in [0.5, 0.6) is 0 Å². The van der Waals surface area contributed by atoms with Gasteiger partial charge in [0.2, 0.25) is 0 Å². The first-order valence-electron chi connectivity index (χ1n) is 7.91. The standard InChI is InChI=1S/C16H28O2/c1-3-5-12-10-14-8-6-13(16(17)18-4-2)7-9-15(14)11-12/h12-15H,3-11H2,1-2H3/t12?,13?,14-,15+. The van der Waals surface area contributed by atoms with Crippen LogP contribution in [0.25, 0.3) is 0 Å². The molecule has 2 fully saturated rings. The van der Waals surface area contributed by atoms with Gasteiger partial charge in [-0.2, -0.15) is 0 Å². The van der Waals surface area contributed by atoms with Crippen molar-refractivity contribution in [1.82, 2.24) is 0 Å². The summed E-state index contributed by atoms with van der Waals surface area (Å²) in [7, 11) is 0. The molecule has 0 spiro atoms. The van der Waals surface area contributed by atoms with Gasteiger partial charge in [0.15, 0.2) is 0 Å². The number of hydrogen-bond donors (Lipinski definition) is 0. The van der Waals surface area contributed by atoms with Crippen LogP contribution in [-0.2, 0) is 9.53 Å². The van der Waals surface area contributed by atoms with E-state index < -0.39 is 0 Å². The summed E-state index contributed by atoms with van der Waals surface area (Å²) in [4.78, 5) is 11.8. The Hall–Kier alpha value is -0.530. The van der Waals surface area contributed by atoms with Gasteiger partial charge in [0.1, 0.15) is 0 Å². The maximum absolute atomic E-state index is 11.8. The normalized spacial score (nSPS) is 35.9. The van der Waals surface area contributed by atoms with Crippen LogP contribution < -0.4 is 0 Å². The smallest absolute Gasteiger partial charge is 0.308 e. The average molecular weight is 252 g/mol. The molecule has 2 nitrogen and oxygen atoms in total. The molecule has 0 aromatic rings. The highest BCUT2D eigenvalue weighted by Crippen LogP contribution is 2.46. The van der Waals surface area contributed by atoms with Crippen LogP contribution in [0.4, 0.5) is 0 Å². The molecule has 0 saturated heterocycles. The van der Waals surface area contributed by atoms with Crippen molar-refractivity contribution in [3.05, 3.63) is 0 Å².